The van der Waals surface area contributed by atoms with Gasteiger partial charge in [0.2, 0.25) is 0 Å². The van der Waals surface area contributed by atoms with Crippen molar-refractivity contribution in [2.24, 2.45) is 0 Å². The molecule has 1 aliphatic heterocycles. The topological polar surface area (TPSA) is 12.5 Å². The number of benzene rings is 1. The van der Waals surface area contributed by atoms with Crippen LogP contribution >= 0.6 is 27.5 Å². The highest BCUT2D eigenvalue weighted by Crippen LogP contribution is 2.17. The molecule has 1 aliphatic rings. The first kappa shape index (κ1) is 13.3. The van der Waals surface area contributed by atoms with Crippen molar-refractivity contribution in [1.82, 2.24) is 4.90 Å². The van der Waals surface area contributed by atoms with Crippen LogP contribution in [0.1, 0.15) is 12.5 Å². The SMILES string of the molecule is CC1CN(Cc2cccc(Cl)c2)CC(CBr)O1. The molecule has 2 atom stereocenters. The Kier molecular flexibility index (Phi) is 4.86. The molecule has 2 unspecified atom stereocenters. The minimum absolute atomic E-state index is 0.290. The van der Waals surface area contributed by atoms with Crippen LogP contribution in [0.4, 0.5) is 0 Å². The number of hydrogen-bond donors (Lipinski definition) is 0. The van der Waals surface area contributed by atoms with E-state index in [1.165, 1.54) is 5.56 Å². The van der Waals surface area contributed by atoms with Gasteiger partial charge in [0, 0.05) is 30.0 Å². The van der Waals surface area contributed by atoms with E-state index in [4.69, 9.17) is 16.3 Å². The molecule has 2 nitrogen and oxygen atoms in total. The number of alkyl halides is 1. The minimum Gasteiger partial charge on any atom is -0.372 e. The summed E-state index contributed by atoms with van der Waals surface area (Å²) in [4.78, 5) is 2.42. The van der Waals surface area contributed by atoms with Crippen molar-refractivity contribution in [3.8, 4) is 0 Å². The molecule has 0 N–H and O–H groups in total. The number of morpholine rings is 1. The van der Waals surface area contributed by atoms with E-state index in [9.17, 15) is 0 Å². The first-order chi connectivity index (χ1) is 8.17. The summed E-state index contributed by atoms with van der Waals surface area (Å²) in [5.41, 5.74) is 1.26. The van der Waals surface area contributed by atoms with Crippen LogP contribution in [-0.4, -0.2) is 35.5 Å². The summed E-state index contributed by atoms with van der Waals surface area (Å²) < 4.78 is 5.81. The van der Waals surface area contributed by atoms with Crippen molar-refractivity contribution in [1.29, 1.82) is 0 Å². The van der Waals surface area contributed by atoms with Crippen molar-refractivity contribution < 1.29 is 4.74 Å². The molecular formula is C13H17BrClNO. The van der Waals surface area contributed by atoms with Gasteiger partial charge in [0.25, 0.3) is 0 Å². The molecule has 0 bridgehead atoms. The second-order valence-electron chi connectivity index (χ2n) is 4.55. The summed E-state index contributed by atoms with van der Waals surface area (Å²) in [6.07, 6.45) is 0.586. The van der Waals surface area contributed by atoms with Gasteiger partial charge in [-0.15, -0.1) is 0 Å². The summed E-state index contributed by atoms with van der Waals surface area (Å²) >= 11 is 9.49. The van der Waals surface area contributed by atoms with Gasteiger partial charge < -0.3 is 4.74 Å². The molecule has 94 valence electrons. The normalized spacial score (nSPS) is 26.1. The van der Waals surface area contributed by atoms with Crippen LogP contribution in [-0.2, 0) is 11.3 Å². The van der Waals surface area contributed by atoms with E-state index in [-0.39, 0.29) is 6.10 Å². The smallest absolute Gasteiger partial charge is 0.0802 e. The molecule has 1 aromatic carbocycles. The van der Waals surface area contributed by atoms with Gasteiger partial charge in [-0.25, -0.2) is 0 Å². The molecule has 0 saturated carbocycles. The van der Waals surface area contributed by atoms with Crippen LogP contribution in [0, 0.1) is 0 Å². The highest BCUT2D eigenvalue weighted by atomic mass is 79.9. The molecule has 0 spiro atoms. The lowest BCUT2D eigenvalue weighted by molar-refractivity contribution is -0.0677. The van der Waals surface area contributed by atoms with E-state index in [0.29, 0.717) is 6.10 Å². The van der Waals surface area contributed by atoms with Gasteiger partial charge in [0.15, 0.2) is 0 Å². The zero-order chi connectivity index (χ0) is 12.3. The third-order valence-electron chi connectivity index (χ3n) is 2.87. The first-order valence-electron chi connectivity index (χ1n) is 5.85. The van der Waals surface area contributed by atoms with Gasteiger partial charge in [0.1, 0.15) is 0 Å². The Balaban J connectivity index is 1.98. The minimum atomic E-state index is 0.290. The van der Waals surface area contributed by atoms with Gasteiger partial charge in [-0.2, -0.15) is 0 Å². The second kappa shape index (κ2) is 6.19. The predicted octanol–water partition coefficient (Wildman–Crippen LogP) is 3.32. The Morgan fingerprint density at radius 2 is 2.29 bits per heavy atom. The number of hydrogen-bond acceptors (Lipinski definition) is 2. The Labute approximate surface area is 116 Å². The van der Waals surface area contributed by atoms with Crippen LogP contribution in [0.2, 0.25) is 5.02 Å². The average Bonchev–Trinajstić information content (AvgIpc) is 2.28. The third-order valence-corrected chi connectivity index (χ3v) is 3.83. The number of halogens is 2. The monoisotopic (exact) mass is 317 g/mol. The molecule has 1 heterocycles. The highest BCUT2D eigenvalue weighted by Gasteiger charge is 2.24. The quantitative estimate of drug-likeness (QED) is 0.793. The van der Waals surface area contributed by atoms with Gasteiger partial charge in [0.05, 0.1) is 12.2 Å². The van der Waals surface area contributed by atoms with Gasteiger partial charge in [-0.05, 0) is 24.6 Å². The van der Waals surface area contributed by atoms with Crippen LogP contribution < -0.4 is 0 Å². The number of ether oxygens (including phenoxy) is 1. The molecule has 17 heavy (non-hydrogen) atoms. The maximum atomic E-state index is 6.00. The van der Waals surface area contributed by atoms with Crippen molar-refractivity contribution in [2.75, 3.05) is 18.4 Å². The van der Waals surface area contributed by atoms with E-state index in [1.807, 2.05) is 18.2 Å². The van der Waals surface area contributed by atoms with E-state index < -0.39 is 0 Å². The lowest BCUT2D eigenvalue weighted by atomic mass is 10.1. The van der Waals surface area contributed by atoms with Crippen molar-refractivity contribution in [3.05, 3.63) is 34.9 Å². The lowest BCUT2D eigenvalue weighted by Gasteiger charge is -2.36. The fourth-order valence-electron chi connectivity index (χ4n) is 2.25. The zero-order valence-electron chi connectivity index (χ0n) is 9.90. The van der Waals surface area contributed by atoms with Gasteiger partial charge >= 0.3 is 0 Å². The zero-order valence-corrected chi connectivity index (χ0v) is 12.2. The molecule has 0 aliphatic carbocycles. The molecule has 0 aromatic heterocycles. The molecule has 1 saturated heterocycles. The van der Waals surface area contributed by atoms with Gasteiger partial charge in [-0.1, -0.05) is 39.7 Å². The molecule has 4 heteroatoms. The molecule has 1 aromatic rings. The summed E-state index contributed by atoms with van der Waals surface area (Å²) in [7, 11) is 0. The predicted molar refractivity (Wildman–Crippen MR) is 74.9 cm³/mol. The Bertz CT molecular complexity index is 374. The molecule has 2 rings (SSSR count). The summed E-state index contributed by atoms with van der Waals surface area (Å²) in [6, 6.07) is 8.07. The second-order valence-corrected chi connectivity index (χ2v) is 5.63. The maximum Gasteiger partial charge on any atom is 0.0802 e. The van der Waals surface area contributed by atoms with E-state index >= 15 is 0 Å². The molecular weight excluding hydrogens is 302 g/mol. The van der Waals surface area contributed by atoms with Crippen molar-refractivity contribution >= 4 is 27.5 Å². The molecule has 1 fully saturated rings. The van der Waals surface area contributed by atoms with E-state index in [0.717, 1.165) is 30.0 Å². The summed E-state index contributed by atoms with van der Waals surface area (Å²) in [6.45, 7) is 5.02. The molecule has 0 amide bonds. The Hall–Kier alpha value is -0.0900. The van der Waals surface area contributed by atoms with Gasteiger partial charge in [-0.3, -0.25) is 4.90 Å². The van der Waals surface area contributed by atoms with Crippen LogP contribution in [0.3, 0.4) is 0 Å². The van der Waals surface area contributed by atoms with Crippen molar-refractivity contribution in [2.45, 2.75) is 25.7 Å². The van der Waals surface area contributed by atoms with Crippen LogP contribution in [0.5, 0.6) is 0 Å². The van der Waals surface area contributed by atoms with Crippen LogP contribution in [0.15, 0.2) is 24.3 Å². The van der Waals surface area contributed by atoms with E-state index in [1.54, 1.807) is 0 Å². The summed E-state index contributed by atoms with van der Waals surface area (Å²) in [5, 5.41) is 1.70. The highest BCUT2D eigenvalue weighted by molar-refractivity contribution is 9.09. The fourth-order valence-corrected chi connectivity index (χ4v) is 2.82. The summed E-state index contributed by atoms with van der Waals surface area (Å²) in [5.74, 6) is 0. The molecule has 0 radical (unpaired) electrons. The fraction of sp³-hybridized carbons (Fsp3) is 0.538. The largest absolute Gasteiger partial charge is 0.372 e. The first-order valence-corrected chi connectivity index (χ1v) is 7.35. The third kappa shape index (κ3) is 3.95. The van der Waals surface area contributed by atoms with Crippen LogP contribution in [0.25, 0.3) is 0 Å². The van der Waals surface area contributed by atoms with E-state index in [2.05, 4.69) is 33.8 Å². The lowest BCUT2D eigenvalue weighted by Crippen LogP contribution is -2.46. The number of rotatable bonds is 3. The maximum absolute atomic E-state index is 6.00. The Morgan fingerprint density at radius 3 is 3.00 bits per heavy atom. The average molecular weight is 319 g/mol. The van der Waals surface area contributed by atoms with Crippen molar-refractivity contribution in [3.63, 3.8) is 0 Å². The standard InChI is InChI=1S/C13H17BrClNO/c1-10-7-16(9-13(6-14)17-10)8-11-3-2-4-12(15)5-11/h2-5,10,13H,6-9H2,1H3. The Morgan fingerprint density at radius 1 is 1.47 bits per heavy atom. The number of nitrogens with zero attached hydrogens (tertiary/aromatic N) is 1.